The first kappa shape index (κ1) is 8.99. The van der Waals surface area contributed by atoms with Gasteiger partial charge in [0.15, 0.2) is 6.23 Å². The summed E-state index contributed by atoms with van der Waals surface area (Å²) in [5.74, 6) is -0.105. The number of aromatic nitrogens is 2. The van der Waals surface area contributed by atoms with Crippen LogP contribution in [0.3, 0.4) is 0 Å². The van der Waals surface area contributed by atoms with E-state index in [1.54, 1.807) is 0 Å². The molecule has 0 fully saturated rings. The minimum Gasteiger partial charge on any atom is -0.369 e. The number of aliphatic hydroxyl groups excluding tert-OH is 1. The molecular weight excluding hydrogens is 214 g/mol. The molecule has 1 atom stereocenters. The SMILES string of the molecule is O=C1C2=C(CCC2)C(O)N1c1ncns1. The maximum Gasteiger partial charge on any atom is 0.258 e. The molecule has 2 heterocycles. The molecule has 1 N–H and O–H groups in total. The Morgan fingerprint density at radius 3 is 3.07 bits per heavy atom. The summed E-state index contributed by atoms with van der Waals surface area (Å²) in [6.45, 7) is 0. The van der Waals surface area contributed by atoms with Crippen molar-refractivity contribution in [1.82, 2.24) is 9.36 Å². The smallest absolute Gasteiger partial charge is 0.258 e. The maximum atomic E-state index is 11.9. The summed E-state index contributed by atoms with van der Waals surface area (Å²) in [6.07, 6.45) is 3.14. The van der Waals surface area contributed by atoms with E-state index in [1.165, 1.54) is 11.2 Å². The van der Waals surface area contributed by atoms with Gasteiger partial charge in [-0.05, 0) is 24.8 Å². The van der Waals surface area contributed by atoms with Crippen molar-refractivity contribution in [2.24, 2.45) is 0 Å². The fraction of sp³-hybridized carbons (Fsp3) is 0.444. The third kappa shape index (κ3) is 1.15. The Balaban J connectivity index is 1.99. The Bertz CT molecular complexity index is 440. The van der Waals surface area contributed by atoms with Crippen molar-refractivity contribution in [3.8, 4) is 0 Å². The molecular formula is C9H9N3O2S. The van der Waals surface area contributed by atoms with Crippen LogP contribution in [0.15, 0.2) is 17.5 Å². The number of hydrogen-bond acceptors (Lipinski definition) is 5. The second kappa shape index (κ2) is 3.11. The Hall–Kier alpha value is -1.27. The molecule has 6 heteroatoms. The Morgan fingerprint density at radius 1 is 1.53 bits per heavy atom. The molecule has 3 rings (SSSR count). The molecule has 0 spiro atoms. The second-order valence-corrected chi connectivity index (χ2v) is 4.39. The number of hydrogen-bond donors (Lipinski definition) is 1. The van der Waals surface area contributed by atoms with E-state index in [1.807, 2.05) is 0 Å². The molecule has 1 aliphatic carbocycles. The minimum atomic E-state index is -0.817. The first-order valence-corrected chi connectivity index (χ1v) is 5.56. The molecule has 78 valence electrons. The van der Waals surface area contributed by atoms with Crippen molar-refractivity contribution >= 4 is 22.6 Å². The summed E-state index contributed by atoms with van der Waals surface area (Å²) < 4.78 is 3.84. The van der Waals surface area contributed by atoms with Crippen LogP contribution in [0.25, 0.3) is 0 Å². The molecule has 1 aromatic heterocycles. The number of rotatable bonds is 1. The van der Waals surface area contributed by atoms with Crippen LogP contribution in [0.5, 0.6) is 0 Å². The monoisotopic (exact) mass is 223 g/mol. The zero-order chi connectivity index (χ0) is 10.4. The average Bonchev–Trinajstić information content (AvgIpc) is 2.89. The fourth-order valence-electron chi connectivity index (χ4n) is 2.17. The van der Waals surface area contributed by atoms with Gasteiger partial charge < -0.3 is 5.11 Å². The van der Waals surface area contributed by atoms with E-state index in [4.69, 9.17) is 0 Å². The summed E-state index contributed by atoms with van der Waals surface area (Å²) >= 11 is 1.12. The molecule has 1 aromatic rings. The van der Waals surface area contributed by atoms with E-state index >= 15 is 0 Å². The standard InChI is InChI=1S/C9H9N3O2S/c13-7-5-2-1-3-6(5)8(14)12(7)9-10-4-11-15-9/h4,7,13H,1-3H2. The molecule has 0 aromatic carbocycles. The summed E-state index contributed by atoms with van der Waals surface area (Å²) in [6, 6.07) is 0. The first-order valence-electron chi connectivity index (χ1n) is 4.79. The van der Waals surface area contributed by atoms with E-state index in [9.17, 15) is 9.90 Å². The van der Waals surface area contributed by atoms with Gasteiger partial charge in [0.1, 0.15) is 6.33 Å². The lowest BCUT2D eigenvalue weighted by Crippen LogP contribution is -2.36. The van der Waals surface area contributed by atoms with Crippen molar-refractivity contribution in [2.75, 3.05) is 4.90 Å². The van der Waals surface area contributed by atoms with Gasteiger partial charge in [-0.2, -0.15) is 4.37 Å². The zero-order valence-corrected chi connectivity index (χ0v) is 8.70. The molecule has 0 radical (unpaired) electrons. The second-order valence-electron chi connectivity index (χ2n) is 3.63. The lowest BCUT2D eigenvalue weighted by Gasteiger charge is -2.19. The largest absolute Gasteiger partial charge is 0.369 e. The van der Waals surface area contributed by atoms with E-state index in [-0.39, 0.29) is 5.91 Å². The Kier molecular flexibility index (Phi) is 1.86. The van der Waals surface area contributed by atoms with E-state index in [0.29, 0.717) is 5.13 Å². The molecule has 0 saturated carbocycles. The van der Waals surface area contributed by atoms with Crippen molar-refractivity contribution < 1.29 is 9.90 Å². The molecule has 0 saturated heterocycles. The number of aliphatic hydroxyl groups is 1. The summed E-state index contributed by atoms with van der Waals surface area (Å²) in [7, 11) is 0. The molecule has 2 aliphatic rings. The van der Waals surface area contributed by atoms with Gasteiger partial charge in [-0.15, -0.1) is 0 Å². The quantitative estimate of drug-likeness (QED) is 0.760. The highest BCUT2D eigenvalue weighted by atomic mass is 32.1. The molecule has 1 aliphatic heterocycles. The van der Waals surface area contributed by atoms with Gasteiger partial charge >= 0.3 is 0 Å². The predicted molar refractivity (Wildman–Crippen MR) is 54.3 cm³/mol. The molecule has 1 unspecified atom stereocenters. The lowest BCUT2D eigenvalue weighted by atomic mass is 10.2. The third-order valence-corrected chi connectivity index (χ3v) is 3.51. The van der Waals surface area contributed by atoms with Crippen LogP contribution in [0.2, 0.25) is 0 Å². The average molecular weight is 223 g/mol. The van der Waals surface area contributed by atoms with Crippen LogP contribution in [0, 0.1) is 0 Å². The highest BCUT2D eigenvalue weighted by molar-refractivity contribution is 7.09. The van der Waals surface area contributed by atoms with Gasteiger partial charge in [-0.25, -0.2) is 4.98 Å². The van der Waals surface area contributed by atoms with Gasteiger partial charge in [0.05, 0.1) is 0 Å². The Morgan fingerprint density at radius 2 is 2.40 bits per heavy atom. The summed E-state index contributed by atoms with van der Waals surface area (Å²) in [5.41, 5.74) is 1.65. The number of nitrogens with zero attached hydrogens (tertiary/aromatic N) is 3. The van der Waals surface area contributed by atoms with E-state index in [0.717, 1.165) is 41.9 Å². The summed E-state index contributed by atoms with van der Waals surface area (Å²) in [5, 5.41) is 10.5. The molecule has 1 amide bonds. The molecule has 5 nitrogen and oxygen atoms in total. The van der Waals surface area contributed by atoms with Crippen LogP contribution >= 0.6 is 11.5 Å². The highest BCUT2D eigenvalue weighted by Gasteiger charge is 2.41. The molecule has 15 heavy (non-hydrogen) atoms. The van der Waals surface area contributed by atoms with Crippen LogP contribution < -0.4 is 4.90 Å². The van der Waals surface area contributed by atoms with Crippen molar-refractivity contribution in [3.63, 3.8) is 0 Å². The maximum absolute atomic E-state index is 11.9. The van der Waals surface area contributed by atoms with Crippen LogP contribution in [-0.2, 0) is 4.79 Å². The van der Waals surface area contributed by atoms with Gasteiger partial charge in [0.25, 0.3) is 5.91 Å². The third-order valence-electron chi connectivity index (χ3n) is 2.85. The van der Waals surface area contributed by atoms with Crippen LogP contribution in [-0.4, -0.2) is 26.6 Å². The first-order chi connectivity index (χ1) is 7.29. The van der Waals surface area contributed by atoms with Crippen LogP contribution in [0.1, 0.15) is 19.3 Å². The summed E-state index contributed by atoms with van der Waals surface area (Å²) in [4.78, 5) is 17.2. The van der Waals surface area contributed by atoms with E-state index < -0.39 is 6.23 Å². The van der Waals surface area contributed by atoms with Gasteiger partial charge in [0.2, 0.25) is 5.13 Å². The van der Waals surface area contributed by atoms with Gasteiger partial charge in [0, 0.05) is 17.1 Å². The number of carbonyl (C=O) groups is 1. The Labute approximate surface area is 90.2 Å². The number of anilines is 1. The number of carbonyl (C=O) groups excluding carboxylic acids is 1. The zero-order valence-electron chi connectivity index (χ0n) is 7.88. The number of amides is 1. The van der Waals surface area contributed by atoms with Crippen molar-refractivity contribution in [1.29, 1.82) is 0 Å². The minimum absolute atomic E-state index is 0.105. The van der Waals surface area contributed by atoms with Gasteiger partial charge in [-0.3, -0.25) is 9.69 Å². The topological polar surface area (TPSA) is 66.3 Å². The van der Waals surface area contributed by atoms with E-state index in [2.05, 4.69) is 9.36 Å². The van der Waals surface area contributed by atoms with Crippen LogP contribution in [0.4, 0.5) is 5.13 Å². The predicted octanol–water partition coefficient (Wildman–Crippen LogP) is 0.684. The lowest BCUT2D eigenvalue weighted by molar-refractivity contribution is -0.115. The molecule has 0 bridgehead atoms. The van der Waals surface area contributed by atoms with Gasteiger partial charge in [-0.1, -0.05) is 0 Å². The fourth-order valence-corrected chi connectivity index (χ4v) is 2.73. The van der Waals surface area contributed by atoms with Crippen molar-refractivity contribution in [2.45, 2.75) is 25.5 Å². The highest BCUT2D eigenvalue weighted by Crippen LogP contribution is 2.39. The van der Waals surface area contributed by atoms with Crippen molar-refractivity contribution in [3.05, 3.63) is 17.5 Å². The normalized spacial score (nSPS) is 25.3.